The summed E-state index contributed by atoms with van der Waals surface area (Å²) in [5.41, 5.74) is 0.500. The number of carbonyl (C=O) groups is 2. The van der Waals surface area contributed by atoms with Crippen LogP contribution in [-0.4, -0.2) is 21.8 Å². The Bertz CT molecular complexity index is 1300. The third-order valence-corrected chi connectivity index (χ3v) is 4.89. The Morgan fingerprint density at radius 3 is 2.12 bits per heavy atom. The van der Waals surface area contributed by atoms with Gasteiger partial charge in [-0.05, 0) is 60.2 Å². The molecule has 0 aliphatic rings. The van der Waals surface area contributed by atoms with Crippen LogP contribution in [0.2, 0.25) is 0 Å². The summed E-state index contributed by atoms with van der Waals surface area (Å²) >= 11 is 0. The highest BCUT2D eigenvalue weighted by molar-refractivity contribution is 6.11. The summed E-state index contributed by atoms with van der Waals surface area (Å²) in [6.07, 6.45) is 3.90. The van der Waals surface area contributed by atoms with Gasteiger partial charge in [0.2, 0.25) is 0 Å². The van der Waals surface area contributed by atoms with Crippen molar-refractivity contribution in [1.82, 2.24) is 9.97 Å². The zero-order valence-corrected chi connectivity index (χ0v) is 17.5. The lowest BCUT2D eigenvalue weighted by atomic mass is 10.0. The largest absolute Gasteiger partial charge is 0.324 e. The van der Waals surface area contributed by atoms with Crippen LogP contribution < -0.4 is 10.2 Å². The molecule has 1 aromatic heterocycles. The highest BCUT2D eigenvalue weighted by Crippen LogP contribution is 2.31. The van der Waals surface area contributed by atoms with Crippen molar-refractivity contribution in [3.8, 4) is 0 Å². The Kier molecular flexibility index (Phi) is 6.63. The van der Waals surface area contributed by atoms with Crippen molar-refractivity contribution in [2.24, 2.45) is 0 Å². The molecular formula is C25H17F3N4O2. The smallest absolute Gasteiger partial charge is 0.279 e. The van der Waals surface area contributed by atoms with E-state index in [-0.39, 0.29) is 22.6 Å². The van der Waals surface area contributed by atoms with E-state index in [0.717, 1.165) is 35.2 Å². The van der Waals surface area contributed by atoms with E-state index in [4.69, 9.17) is 0 Å². The molecule has 170 valence electrons. The molecule has 0 spiro atoms. The van der Waals surface area contributed by atoms with Crippen molar-refractivity contribution in [3.63, 3.8) is 0 Å². The minimum absolute atomic E-state index is 0.0687. The lowest BCUT2D eigenvalue weighted by molar-refractivity contribution is -0.117. The molecule has 0 unspecified atom stereocenters. The molecule has 1 heterocycles. The van der Waals surface area contributed by atoms with E-state index in [9.17, 15) is 22.8 Å². The molecule has 0 bridgehead atoms. The van der Waals surface area contributed by atoms with Crippen molar-refractivity contribution in [1.29, 1.82) is 0 Å². The molecule has 34 heavy (non-hydrogen) atoms. The number of amides is 2. The molecule has 2 amide bonds. The predicted octanol–water partition coefficient (Wildman–Crippen LogP) is 4.92. The van der Waals surface area contributed by atoms with Crippen molar-refractivity contribution in [2.45, 2.75) is 6.04 Å². The minimum atomic E-state index is -1.36. The average molecular weight is 462 g/mol. The molecule has 1 N–H and O–H groups in total. The lowest BCUT2D eigenvalue weighted by Crippen LogP contribution is -2.42. The van der Waals surface area contributed by atoms with E-state index in [0.29, 0.717) is 0 Å². The van der Waals surface area contributed by atoms with Gasteiger partial charge in [-0.15, -0.1) is 0 Å². The number of rotatable bonds is 6. The van der Waals surface area contributed by atoms with Gasteiger partial charge >= 0.3 is 0 Å². The molecular weight excluding hydrogens is 445 g/mol. The van der Waals surface area contributed by atoms with E-state index in [2.05, 4.69) is 15.3 Å². The molecule has 9 heteroatoms. The van der Waals surface area contributed by atoms with Crippen LogP contribution in [0.1, 0.15) is 22.1 Å². The summed E-state index contributed by atoms with van der Waals surface area (Å²) in [7, 11) is 0. The Morgan fingerprint density at radius 1 is 0.824 bits per heavy atom. The minimum Gasteiger partial charge on any atom is -0.324 e. The molecule has 0 aliphatic heterocycles. The SMILES string of the molecule is O=C(Nc1ccc(F)cc1)[C@H](c1ccc(F)cc1)N(C(=O)c1cnccn1)c1cccc(F)c1. The molecule has 0 fully saturated rings. The second-order valence-corrected chi connectivity index (χ2v) is 7.20. The van der Waals surface area contributed by atoms with Gasteiger partial charge in [0.25, 0.3) is 11.8 Å². The summed E-state index contributed by atoms with van der Waals surface area (Å²) in [6, 6.07) is 13.8. The van der Waals surface area contributed by atoms with Crippen molar-refractivity contribution >= 4 is 23.2 Å². The quantitative estimate of drug-likeness (QED) is 0.441. The van der Waals surface area contributed by atoms with Crippen LogP contribution in [0.3, 0.4) is 0 Å². The summed E-state index contributed by atoms with van der Waals surface area (Å²) in [5, 5.41) is 2.63. The monoisotopic (exact) mass is 462 g/mol. The first-order valence-electron chi connectivity index (χ1n) is 10.1. The Hall–Kier alpha value is -4.53. The first-order chi connectivity index (χ1) is 16.4. The third-order valence-electron chi connectivity index (χ3n) is 4.89. The Morgan fingerprint density at radius 2 is 1.50 bits per heavy atom. The van der Waals surface area contributed by atoms with Crippen LogP contribution in [0.25, 0.3) is 0 Å². The zero-order chi connectivity index (χ0) is 24.1. The lowest BCUT2D eigenvalue weighted by Gasteiger charge is -2.31. The molecule has 6 nitrogen and oxygen atoms in total. The number of nitrogens with zero attached hydrogens (tertiary/aromatic N) is 3. The second kappa shape index (κ2) is 9.95. The Labute approximate surface area is 192 Å². The van der Waals surface area contributed by atoms with E-state index < -0.39 is 35.3 Å². The number of carbonyl (C=O) groups excluding carboxylic acids is 2. The third kappa shape index (κ3) is 5.09. The maximum Gasteiger partial charge on any atom is 0.279 e. The highest BCUT2D eigenvalue weighted by Gasteiger charge is 2.34. The normalized spacial score (nSPS) is 11.5. The zero-order valence-electron chi connectivity index (χ0n) is 17.5. The summed E-state index contributed by atoms with van der Waals surface area (Å²) in [4.78, 5) is 36.0. The van der Waals surface area contributed by atoms with Crippen LogP contribution in [0.5, 0.6) is 0 Å². The van der Waals surface area contributed by atoms with Gasteiger partial charge in [-0.2, -0.15) is 0 Å². The van der Waals surface area contributed by atoms with E-state index in [1.165, 1.54) is 61.1 Å². The fourth-order valence-electron chi connectivity index (χ4n) is 3.35. The average Bonchev–Trinajstić information content (AvgIpc) is 2.85. The predicted molar refractivity (Wildman–Crippen MR) is 119 cm³/mol. The standard InChI is InChI=1S/C25H17F3N4O2/c26-17-6-4-16(5-7-17)23(24(33)31-20-10-8-18(27)9-11-20)32(21-3-1-2-19(28)14-21)25(34)22-15-29-12-13-30-22/h1-15,23H,(H,31,33)/t23-/m0/s1. The fraction of sp³-hybridized carbons (Fsp3) is 0.0400. The maximum absolute atomic E-state index is 14.1. The molecule has 0 radical (unpaired) electrons. The molecule has 0 saturated heterocycles. The highest BCUT2D eigenvalue weighted by atomic mass is 19.1. The van der Waals surface area contributed by atoms with Gasteiger partial charge in [-0.3, -0.25) is 19.5 Å². The summed E-state index contributed by atoms with van der Waals surface area (Å²) in [6.45, 7) is 0. The number of aromatic nitrogens is 2. The van der Waals surface area contributed by atoms with Crippen LogP contribution >= 0.6 is 0 Å². The van der Waals surface area contributed by atoms with E-state index >= 15 is 0 Å². The topological polar surface area (TPSA) is 75.2 Å². The van der Waals surface area contributed by atoms with Crippen molar-refractivity contribution in [2.75, 3.05) is 10.2 Å². The number of benzene rings is 3. The molecule has 3 aromatic carbocycles. The fourth-order valence-corrected chi connectivity index (χ4v) is 3.35. The number of anilines is 2. The number of hydrogen-bond acceptors (Lipinski definition) is 4. The van der Waals surface area contributed by atoms with Gasteiger partial charge in [0, 0.05) is 23.8 Å². The van der Waals surface area contributed by atoms with Gasteiger partial charge in [-0.25, -0.2) is 18.2 Å². The summed E-state index contributed by atoms with van der Waals surface area (Å²) in [5.74, 6) is -3.10. The maximum atomic E-state index is 14.1. The number of hydrogen-bond donors (Lipinski definition) is 1. The van der Waals surface area contributed by atoms with Crippen LogP contribution in [0, 0.1) is 17.5 Å². The van der Waals surface area contributed by atoms with E-state index in [1.807, 2.05) is 0 Å². The van der Waals surface area contributed by atoms with E-state index in [1.54, 1.807) is 0 Å². The van der Waals surface area contributed by atoms with Gasteiger partial charge in [0.05, 0.1) is 6.20 Å². The first-order valence-corrected chi connectivity index (χ1v) is 10.1. The Balaban J connectivity index is 1.84. The molecule has 4 rings (SSSR count). The van der Waals surface area contributed by atoms with Crippen LogP contribution in [0.15, 0.2) is 91.4 Å². The molecule has 0 saturated carbocycles. The van der Waals surface area contributed by atoms with Gasteiger partial charge in [0.15, 0.2) is 0 Å². The first kappa shape index (κ1) is 22.7. The number of halogens is 3. The molecule has 4 aromatic rings. The van der Waals surface area contributed by atoms with Gasteiger partial charge in [-0.1, -0.05) is 18.2 Å². The summed E-state index contributed by atoms with van der Waals surface area (Å²) < 4.78 is 41.1. The second-order valence-electron chi connectivity index (χ2n) is 7.20. The molecule has 0 aliphatic carbocycles. The molecule has 1 atom stereocenters. The van der Waals surface area contributed by atoms with Crippen molar-refractivity contribution < 1.29 is 22.8 Å². The van der Waals surface area contributed by atoms with Gasteiger partial charge < -0.3 is 5.32 Å². The van der Waals surface area contributed by atoms with Crippen LogP contribution in [-0.2, 0) is 4.79 Å². The van der Waals surface area contributed by atoms with Gasteiger partial charge in [0.1, 0.15) is 29.2 Å². The van der Waals surface area contributed by atoms with Crippen LogP contribution in [0.4, 0.5) is 24.5 Å². The van der Waals surface area contributed by atoms with Crippen molar-refractivity contribution in [3.05, 3.63) is 120 Å². The number of nitrogens with one attached hydrogen (secondary N) is 1.